The normalized spacial score (nSPS) is 10.4. The standard InChI is InChI=1S/C7H15N5O3.H2NO3/c8-4(5(13)14)2-1-3-11-7(15)12-6(9)10;2-1(3)4/h4H,1-3,8H2,(H,13,14)(H5,9,10,11,12,15);(H2,2,3,4)/q;+1. The second-order valence-electron chi connectivity index (χ2n) is 3.11. The molecule has 2 amide bonds. The Morgan fingerprint density at radius 1 is 1.32 bits per heavy atom. The van der Waals surface area contributed by atoms with Gasteiger partial charge in [0, 0.05) is 6.54 Å². The monoisotopic (exact) mass is 281 g/mol. The number of nitrogens with zero attached hydrogens (tertiary/aromatic N) is 2. The summed E-state index contributed by atoms with van der Waals surface area (Å²) in [5, 5.41) is 23.3. The minimum atomic E-state index is -1.25. The molecule has 110 valence electrons. The highest BCUT2D eigenvalue weighted by Crippen LogP contribution is 1.93. The topological polar surface area (TPSA) is 217 Å². The van der Waals surface area contributed by atoms with Crippen LogP contribution in [0.5, 0.6) is 0 Å². The van der Waals surface area contributed by atoms with Crippen molar-refractivity contribution < 1.29 is 30.2 Å². The third-order valence-electron chi connectivity index (χ3n) is 1.52. The van der Waals surface area contributed by atoms with Crippen molar-refractivity contribution in [3.63, 3.8) is 0 Å². The number of carboxylic acids is 1. The first-order valence-electron chi connectivity index (χ1n) is 4.87. The van der Waals surface area contributed by atoms with E-state index in [1.54, 1.807) is 0 Å². The minimum absolute atomic E-state index is 0.274. The molecule has 0 aromatic rings. The Morgan fingerprint density at radius 3 is 2.16 bits per heavy atom. The molecule has 1 atom stereocenters. The summed E-state index contributed by atoms with van der Waals surface area (Å²) in [7, 11) is 0. The number of carboxylic acid groups (broad SMARTS) is 1. The summed E-state index contributed by atoms with van der Waals surface area (Å²) in [4.78, 5) is 32.8. The Morgan fingerprint density at radius 2 is 1.79 bits per heavy atom. The maximum atomic E-state index is 10.8. The van der Waals surface area contributed by atoms with Crippen molar-refractivity contribution in [1.29, 1.82) is 0 Å². The van der Waals surface area contributed by atoms with E-state index in [4.69, 9.17) is 37.6 Å². The van der Waals surface area contributed by atoms with Crippen LogP contribution >= 0.6 is 0 Å². The smallest absolute Gasteiger partial charge is 0.472 e. The van der Waals surface area contributed by atoms with E-state index in [2.05, 4.69) is 10.3 Å². The molecule has 0 saturated heterocycles. The van der Waals surface area contributed by atoms with E-state index < -0.39 is 23.1 Å². The average Bonchev–Trinajstić information content (AvgIpc) is 2.21. The number of hydrogen-bond donors (Lipinski definition) is 7. The Balaban J connectivity index is 0. The molecule has 12 nitrogen and oxygen atoms in total. The van der Waals surface area contributed by atoms with Crippen molar-refractivity contribution in [2.75, 3.05) is 6.54 Å². The summed E-state index contributed by atoms with van der Waals surface area (Å²) in [5.41, 5.74) is 15.1. The van der Waals surface area contributed by atoms with Gasteiger partial charge < -0.3 is 27.6 Å². The van der Waals surface area contributed by atoms with Gasteiger partial charge in [-0.05, 0) is 12.8 Å². The van der Waals surface area contributed by atoms with Crippen LogP contribution in [0.25, 0.3) is 0 Å². The third-order valence-corrected chi connectivity index (χ3v) is 1.52. The summed E-state index contributed by atoms with van der Waals surface area (Å²) < 4.78 is 0. The molecule has 19 heavy (non-hydrogen) atoms. The number of hydrogen-bond acceptors (Lipinski definition) is 4. The van der Waals surface area contributed by atoms with Gasteiger partial charge in [-0.25, -0.2) is 15.2 Å². The van der Waals surface area contributed by atoms with Gasteiger partial charge in [0.25, 0.3) is 0 Å². The molecular formula is C7H17N6O6+. The van der Waals surface area contributed by atoms with Crippen molar-refractivity contribution in [2.24, 2.45) is 22.2 Å². The number of carbonyl (C=O) groups excluding carboxylic acids is 1. The SMILES string of the molecule is NC(N)=NC(=O)NCCCC(N)C(=O)O.O=[N+](O)O. The minimum Gasteiger partial charge on any atom is -0.480 e. The molecule has 12 heteroatoms. The van der Waals surface area contributed by atoms with Crippen LogP contribution in [0, 0.1) is 4.91 Å². The molecule has 0 aromatic heterocycles. The van der Waals surface area contributed by atoms with Gasteiger partial charge in [0.05, 0.1) is 0 Å². The molecule has 0 heterocycles. The second kappa shape index (κ2) is 10.5. The molecule has 0 fully saturated rings. The molecule has 0 aliphatic heterocycles. The van der Waals surface area contributed by atoms with Gasteiger partial charge >= 0.3 is 17.1 Å². The van der Waals surface area contributed by atoms with E-state index in [1.165, 1.54) is 0 Å². The molecule has 0 radical (unpaired) electrons. The summed E-state index contributed by atoms with van der Waals surface area (Å²) >= 11 is 0. The number of urea groups is 1. The quantitative estimate of drug-likeness (QED) is 0.124. The Bertz CT molecular complexity index is 337. The number of amides is 2. The lowest BCUT2D eigenvalue weighted by Crippen LogP contribution is -2.32. The van der Waals surface area contributed by atoms with Crippen molar-refractivity contribution in [3.05, 3.63) is 4.91 Å². The molecule has 0 spiro atoms. The fourth-order valence-corrected chi connectivity index (χ4v) is 0.798. The molecule has 0 aliphatic rings. The fourth-order valence-electron chi connectivity index (χ4n) is 0.798. The van der Waals surface area contributed by atoms with Crippen molar-refractivity contribution >= 4 is 18.0 Å². The Hall–Kier alpha value is -2.63. The number of aliphatic carboxylic acids is 1. The Labute approximate surface area is 107 Å². The molecule has 0 aromatic carbocycles. The van der Waals surface area contributed by atoms with Gasteiger partial charge in [-0.3, -0.25) is 4.79 Å². The van der Waals surface area contributed by atoms with Gasteiger partial charge in [0.15, 0.2) is 5.96 Å². The number of aliphatic imine (C=N–C) groups is 1. The van der Waals surface area contributed by atoms with Crippen LogP contribution in [0.2, 0.25) is 0 Å². The molecule has 1 unspecified atom stereocenters. The lowest BCUT2D eigenvalue weighted by atomic mass is 10.2. The number of guanidine groups is 1. The van der Waals surface area contributed by atoms with Gasteiger partial charge in [-0.1, -0.05) is 0 Å². The van der Waals surface area contributed by atoms with E-state index in [0.717, 1.165) is 0 Å². The molecule has 0 rings (SSSR count). The molecule has 0 saturated carbocycles. The highest BCUT2D eigenvalue weighted by molar-refractivity contribution is 5.90. The van der Waals surface area contributed by atoms with Crippen molar-refractivity contribution in [1.82, 2.24) is 5.32 Å². The van der Waals surface area contributed by atoms with Gasteiger partial charge in [-0.2, -0.15) is 4.99 Å². The van der Waals surface area contributed by atoms with Gasteiger partial charge in [0.2, 0.25) is 0 Å². The molecular weight excluding hydrogens is 264 g/mol. The van der Waals surface area contributed by atoms with Crippen molar-refractivity contribution in [3.8, 4) is 0 Å². The number of nitrogens with one attached hydrogen (secondary N) is 1. The average molecular weight is 281 g/mol. The largest absolute Gasteiger partial charge is 0.480 e. The zero-order chi connectivity index (χ0) is 15.4. The van der Waals surface area contributed by atoms with Crippen LogP contribution in [0.4, 0.5) is 4.79 Å². The molecule has 0 aliphatic carbocycles. The molecule has 10 N–H and O–H groups in total. The van der Waals surface area contributed by atoms with Crippen LogP contribution in [0.15, 0.2) is 4.99 Å². The third kappa shape index (κ3) is 18.0. The first kappa shape index (κ1) is 18.7. The molecule has 0 bridgehead atoms. The summed E-state index contributed by atoms with van der Waals surface area (Å²) in [6.45, 7) is 0.274. The van der Waals surface area contributed by atoms with Crippen LogP contribution in [0.3, 0.4) is 0 Å². The fraction of sp³-hybridized carbons (Fsp3) is 0.571. The van der Waals surface area contributed by atoms with E-state index in [-0.39, 0.29) is 18.9 Å². The summed E-state index contributed by atoms with van der Waals surface area (Å²) in [6.07, 6.45) is 0.719. The zero-order valence-electron chi connectivity index (χ0n) is 9.89. The summed E-state index contributed by atoms with van der Waals surface area (Å²) in [6, 6.07) is -1.57. The zero-order valence-corrected chi connectivity index (χ0v) is 9.89. The first-order chi connectivity index (χ1) is 8.66. The van der Waals surface area contributed by atoms with Crippen LogP contribution in [0.1, 0.15) is 12.8 Å². The first-order valence-corrected chi connectivity index (χ1v) is 4.87. The number of rotatable bonds is 5. The van der Waals surface area contributed by atoms with Crippen LogP contribution < -0.4 is 22.5 Å². The number of nitrogens with two attached hydrogens (primary N) is 3. The maximum Gasteiger partial charge on any atom is 0.472 e. The van der Waals surface area contributed by atoms with Crippen molar-refractivity contribution in [2.45, 2.75) is 18.9 Å². The highest BCUT2D eigenvalue weighted by Gasteiger charge is 2.10. The van der Waals surface area contributed by atoms with Gasteiger partial charge in [-0.15, -0.1) is 0 Å². The highest BCUT2D eigenvalue weighted by atomic mass is 16.9. The van der Waals surface area contributed by atoms with E-state index in [0.29, 0.717) is 6.42 Å². The van der Waals surface area contributed by atoms with E-state index in [1.807, 2.05) is 0 Å². The second-order valence-corrected chi connectivity index (χ2v) is 3.11. The van der Waals surface area contributed by atoms with Crippen LogP contribution in [-0.4, -0.2) is 51.2 Å². The van der Waals surface area contributed by atoms with E-state index >= 15 is 0 Å². The Kier molecular flexibility index (Phi) is 10.4. The van der Waals surface area contributed by atoms with E-state index in [9.17, 15) is 9.59 Å². The van der Waals surface area contributed by atoms with Gasteiger partial charge in [0.1, 0.15) is 10.9 Å². The predicted octanol–water partition coefficient (Wildman–Crippen LogP) is -2.29. The lowest BCUT2D eigenvalue weighted by Gasteiger charge is -2.05. The maximum absolute atomic E-state index is 10.8. The number of carbonyl (C=O) groups is 2. The predicted molar refractivity (Wildman–Crippen MR) is 61.3 cm³/mol. The lowest BCUT2D eigenvalue weighted by molar-refractivity contribution is -0.969. The van der Waals surface area contributed by atoms with Crippen LogP contribution in [-0.2, 0) is 4.79 Å². The summed E-state index contributed by atoms with van der Waals surface area (Å²) in [5.74, 6) is -1.39.